The van der Waals surface area contributed by atoms with Crippen LogP contribution in [0.4, 0.5) is 4.79 Å². The van der Waals surface area contributed by atoms with Gasteiger partial charge >= 0.3 is 12.1 Å². The van der Waals surface area contributed by atoms with Gasteiger partial charge in [-0.15, -0.1) is 0 Å². The number of ether oxygens (including phenoxy) is 1. The average molecular weight is 339 g/mol. The van der Waals surface area contributed by atoms with Gasteiger partial charge in [0.25, 0.3) is 0 Å². The summed E-state index contributed by atoms with van der Waals surface area (Å²) < 4.78 is 5.42. The van der Waals surface area contributed by atoms with Gasteiger partial charge in [-0.05, 0) is 26.7 Å². The van der Waals surface area contributed by atoms with Crippen molar-refractivity contribution in [1.82, 2.24) is 15.1 Å². The molecular weight excluding hydrogens is 310 g/mol. The van der Waals surface area contributed by atoms with Gasteiger partial charge in [0.15, 0.2) is 0 Å². The molecule has 2 aliphatic heterocycles. The van der Waals surface area contributed by atoms with Crippen molar-refractivity contribution in [2.75, 3.05) is 20.1 Å². The standard InChI is InChI=1S/C17H29N3O4/c1-11(2)9-17(14(21)22)18-12-10-20(8-7-13(12)19(17)6)15(23)24-16(3,4)5/h11,18H,7-10H2,1-6H3,(H,21,22). The summed E-state index contributed by atoms with van der Waals surface area (Å²) in [6, 6.07) is 0. The number of carboxylic acid groups (broad SMARTS) is 1. The maximum Gasteiger partial charge on any atom is 0.410 e. The van der Waals surface area contributed by atoms with Gasteiger partial charge in [0.1, 0.15) is 5.60 Å². The molecule has 1 amide bonds. The Kier molecular flexibility index (Phi) is 4.74. The van der Waals surface area contributed by atoms with Crippen molar-refractivity contribution in [3.05, 3.63) is 11.4 Å². The highest BCUT2D eigenvalue weighted by atomic mass is 16.6. The van der Waals surface area contributed by atoms with E-state index in [1.807, 2.05) is 46.6 Å². The summed E-state index contributed by atoms with van der Waals surface area (Å²) in [6.45, 7) is 10.4. The number of carbonyl (C=O) groups is 2. The smallest absolute Gasteiger partial charge is 0.410 e. The maximum absolute atomic E-state index is 12.3. The molecule has 7 nitrogen and oxygen atoms in total. The van der Waals surface area contributed by atoms with Gasteiger partial charge in [-0.2, -0.15) is 0 Å². The second-order valence-corrected chi connectivity index (χ2v) is 8.02. The quantitative estimate of drug-likeness (QED) is 0.820. The highest BCUT2D eigenvalue weighted by Crippen LogP contribution is 2.36. The molecule has 1 unspecified atom stereocenters. The molecule has 0 bridgehead atoms. The van der Waals surface area contributed by atoms with Gasteiger partial charge < -0.3 is 25.0 Å². The Morgan fingerprint density at radius 3 is 2.50 bits per heavy atom. The molecule has 2 N–H and O–H groups in total. The summed E-state index contributed by atoms with van der Waals surface area (Å²) >= 11 is 0. The van der Waals surface area contributed by atoms with Gasteiger partial charge in [-0.3, -0.25) is 0 Å². The van der Waals surface area contributed by atoms with Crippen molar-refractivity contribution in [1.29, 1.82) is 0 Å². The van der Waals surface area contributed by atoms with Gasteiger partial charge in [0.05, 0.1) is 12.2 Å². The summed E-state index contributed by atoms with van der Waals surface area (Å²) in [6.07, 6.45) is 0.735. The third kappa shape index (κ3) is 3.44. The van der Waals surface area contributed by atoms with Gasteiger partial charge in [-0.25, -0.2) is 9.59 Å². The van der Waals surface area contributed by atoms with E-state index in [0.29, 0.717) is 25.9 Å². The normalized spacial score (nSPS) is 24.1. The van der Waals surface area contributed by atoms with Crippen LogP contribution >= 0.6 is 0 Å². The molecule has 2 rings (SSSR count). The van der Waals surface area contributed by atoms with Crippen molar-refractivity contribution in [3.63, 3.8) is 0 Å². The van der Waals surface area contributed by atoms with E-state index in [1.165, 1.54) is 0 Å². The minimum absolute atomic E-state index is 0.222. The molecule has 136 valence electrons. The van der Waals surface area contributed by atoms with E-state index in [0.717, 1.165) is 11.4 Å². The van der Waals surface area contributed by atoms with E-state index in [4.69, 9.17) is 4.74 Å². The van der Waals surface area contributed by atoms with E-state index in [2.05, 4.69) is 5.32 Å². The third-order valence-corrected chi connectivity index (χ3v) is 4.36. The number of rotatable bonds is 3. The van der Waals surface area contributed by atoms with Crippen LogP contribution in [0.15, 0.2) is 11.4 Å². The maximum atomic E-state index is 12.3. The van der Waals surface area contributed by atoms with Crippen LogP contribution in [0.3, 0.4) is 0 Å². The topological polar surface area (TPSA) is 82.1 Å². The van der Waals surface area contributed by atoms with Crippen molar-refractivity contribution in [2.24, 2.45) is 5.92 Å². The number of carboxylic acids is 1. The van der Waals surface area contributed by atoms with Crippen molar-refractivity contribution in [3.8, 4) is 0 Å². The first-order chi connectivity index (χ1) is 11.0. The minimum atomic E-state index is -1.14. The van der Waals surface area contributed by atoms with Crippen LogP contribution in [0.1, 0.15) is 47.5 Å². The number of hydrogen-bond acceptors (Lipinski definition) is 5. The molecule has 0 aromatic heterocycles. The number of carbonyl (C=O) groups excluding carboxylic acids is 1. The molecule has 1 atom stereocenters. The number of aliphatic carboxylic acids is 1. The Morgan fingerprint density at radius 2 is 2.00 bits per heavy atom. The molecule has 2 heterocycles. The molecule has 24 heavy (non-hydrogen) atoms. The molecular formula is C17H29N3O4. The van der Waals surface area contributed by atoms with Crippen molar-refractivity contribution >= 4 is 12.1 Å². The number of amides is 1. The first-order valence-corrected chi connectivity index (χ1v) is 8.41. The first-order valence-electron chi connectivity index (χ1n) is 8.41. The summed E-state index contributed by atoms with van der Waals surface area (Å²) in [5, 5.41) is 13.0. The molecule has 0 fully saturated rings. The largest absolute Gasteiger partial charge is 0.478 e. The predicted octanol–water partition coefficient (Wildman–Crippen LogP) is 2.20. The van der Waals surface area contributed by atoms with Crippen LogP contribution in [0.2, 0.25) is 0 Å². The fourth-order valence-electron chi connectivity index (χ4n) is 3.34. The van der Waals surface area contributed by atoms with Crippen LogP contribution in [0.5, 0.6) is 0 Å². The molecule has 0 aromatic rings. The number of nitrogens with zero attached hydrogens (tertiary/aromatic N) is 2. The summed E-state index contributed by atoms with van der Waals surface area (Å²) in [7, 11) is 1.81. The second kappa shape index (κ2) is 6.18. The van der Waals surface area contributed by atoms with Gasteiger partial charge in [-0.1, -0.05) is 13.8 Å². The predicted molar refractivity (Wildman–Crippen MR) is 90.2 cm³/mol. The lowest BCUT2D eigenvalue weighted by atomic mass is 9.96. The SMILES string of the molecule is CC(C)CC1(C(=O)O)NC2=C(CCN(C(=O)OC(C)(C)C)C2)N1C. The van der Waals surface area contributed by atoms with Crippen LogP contribution in [-0.2, 0) is 9.53 Å². The zero-order valence-corrected chi connectivity index (χ0v) is 15.5. The van der Waals surface area contributed by atoms with Crippen molar-refractivity contribution < 1.29 is 19.4 Å². The average Bonchev–Trinajstić information content (AvgIpc) is 2.69. The fourth-order valence-corrected chi connectivity index (χ4v) is 3.34. The lowest BCUT2D eigenvalue weighted by Crippen LogP contribution is -2.58. The molecule has 7 heteroatoms. The van der Waals surface area contributed by atoms with E-state index in [-0.39, 0.29) is 12.0 Å². The molecule has 0 aromatic carbocycles. The van der Waals surface area contributed by atoms with E-state index < -0.39 is 17.2 Å². The Balaban J connectivity index is 2.17. The summed E-state index contributed by atoms with van der Waals surface area (Å²) in [5.41, 5.74) is 0.0900. The Hall–Kier alpha value is -1.92. The van der Waals surface area contributed by atoms with Crippen LogP contribution in [0, 0.1) is 5.92 Å². The Morgan fingerprint density at radius 1 is 1.38 bits per heavy atom. The number of nitrogens with one attached hydrogen (secondary N) is 1. The fraction of sp³-hybridized carbons (Fsp3) is 0.765. The number of hydrogen-bond donors (Lipinski definition) is 2. The molecule has 2 aliphatic rings. The lowest BCUT2D eigenvalue weighted by molar-refractivity contribution is -0.151. The van der Waals surface area contributed by atoms with Crippen molar-refractivity contribution in [2.45, 2.75) is 58.7 Å². The lowest BCUT2D eigenvalue weighted by Gasteiger charge is -2.36. The molecule has 0 saturated heterocycles. The number of likely N-dealkylation sites (N-methyl/N-ethyl adjacent to an activating group) is 1. The van der Waals surface area contributed by atoms with E-state index in [1.54, 1.807) is 4.90 Å². The minimum Gasteiger partial charge on any atom is -0.478 e. The van der Waals surface area contributed by atoms with E-state index >= 15 is 0 Å². The Bertz CT molecular complexity index is 565. The molecule has 0 saturated carbocycles. The molecule has 0 radical (unpaired) electrons. The van der Waals surface area contributed by atoms with Crippen LogP contribution in [-0.4, -0.2) is 58.4 Å². The summed E-state index contributed by atoms with van der Waals surface area (Å²) in [4.78, 5) is 27.7. The van der Waals surface area contributed by atoms with Crippen LogP contribution in [0.25, 0.3) is 0 Å². The molecule has 0 aliphatic carbocycles. The summed E-state index contributed by atoms with van der Waals surface area (Å²) in [5.74, 6) is -0.670. The highest BCUT2D eigenvalue weighted by Gasteiger charge is 2.50. The Labute approximate surface area is 143 Å². The zero-order valence-electron chi connectivity index (χ0n) is 15.5. The zero-order chi connectivity index (χ0) is 18.3. The second-order valence-electron chi connectivity index (χ2n) is 8.02. The molecule has 0 spiro atoms. The van der Waals surface area contributed by atoms with Crippen LogP contribution < -0.4 is 5.32 Å². The van der Waals surface area contributed by atoms with Gasteiger partial charge in [0, 0.05) is 32.1 Å². The third-order valence-electron chi connectivity index (χ3n) is 4.36. The van der Waals surface area contributed by atoms with E-state index in [9.17, 15) is 14.7 Å². The highest BCUT2D eigenvalue weighted by molar-refractivity contribution is 5.80. The monoisotopic (exact) mass is 339 g/mol. The first kappa shape index (κ1) is 18.4. The van der Waals surface area contributed by atoms with Gasteiger partial charge in [0.2, 0.25) is 5.66 Å².